The predicted molar refractivity (Wildman–Crippen MR) is 126 cm³/mol. The number of carbonyl (C=O) groups excluding carboxylic acids is 1. The molecule has 36 heavy (non-hydrogen) atoms. The molecule has 1 aromatic carbocycles. The number of rotatable bonds is 7. The summed E-state index contributed by atoms with van der Waals surface area (Å²) in [6, 6.07) is 0.886. The van der Waals surface area contributed by atoms with Gasteiger partial charge in [-0.05, 0) is 62.0 Å². The number of halogens is 5. The molecule has 1 N–H and O–H groups in total. The van der Waals surface area contributed by atoms with Crippen LogP contribution in [0, 0.1) is 11.7 Å². The summed E-state index contributed by atoms with van der Waals surface area (Å²) >= 11 is 6.01. The molecule has 0 aromatic heterocycles. The molecular weight excluding hydrogens is 526 g/mol. The van der Waals surface area contributed by atoms with E-state index in [4.69, 9.17) is 16.3 Å². The Balaban J connectivity index is 1.37. The maximum absolute atomic E-state index is 14.7. The molecule has 2 heterocycles. The van der Waals surface area contributed by atoms with Gasteiger partial charge in [0.1, 0.15) is 17.6 Å². The van der Waals surface area contributed by atoms with E-state index in [1.807, 2.05) is 0 Å². The normalized spacial score (nSPS) is 25.1. The van der Waals surface area contributed by atoms with Crippen molar-refractivity contribution in [1.29, 1.82) is 0 Å². The van der Waals surface area contributed by atoms with Crippen LogP contribution < -0.4 is 9.46 Å². The second-order valence-corrected chi connectivity index (χ2v) is 12.3. The first-order valence-corrected chi connectivity index (χ1v) is 14.3. The topological polar surface area (TPSA) is 78.9 Å². The predicted octanol–water partition coefficient (Wildman–Crippen LogP) is 4.03. The van der Waals surface area contributed by atoms with Crippen molar-refractivity contribution in [1.82, 2.24) is 14.7 Å². The van der Waals surface area contributed by atoms with Gasteiger partial charge in [-0.2, -0.15) is 13.2 Å². The molecule has 1 aromatic rings. The van der Waals surface area contributed by atoms with E-state index in [0.29, 0.717) is 43.7 Å². The fraction of sp³-hybridized carbons (Fsp3) is 0.696. The Hall–Kier alpha value is -1.63. The minimum absolute atomic E-state index is 0.0828. The van der Waals surface area contributed by atoms with Crippen LogP contribution in [0.1, 0.15) is 60.4 Å². The standard InChI is InChI=1S/C23H30ClF4N3O4S/c1-36(33,34)29-22(32)18-11-17(15-2-3-15)20(12-19(18)25)35-13-14-4-7-30(8-5-14)31-9-6-16(24)10-21(31)23(26,27)28/h11-12,14-16,21H,2-10,13H2,1H3,(H,29,32). The smallest absolute Gasteiger partial charge is 0.405 e. The zero-order valence-electron chi connectivity index (χ0n) is 19.9. The molecule has 2 atom stereocenters. The summed E-state index contributed by atoms with van der Waals surface area (Å²) in [5.74, 6) is -1.41. The average Bonchev–Trinajstić information content (AvgIpc) is 3.61. The van der Waals surface area contributed by atoms with Crippen molar-refractivity contribution >= 4 is 27.5 Å². The maximum atomic E-state index is 14.7. The summed E-state index contributed by atoms with van der Waals surface area (Å²) in [5.41, 5.74) is 0.298. The Morgan fingerprint density at radius 1 is 1.14 bits per heavy atom. The molecule has 202 valence electrons. The van der Waals surface area contributed by atoms with E-state index in [0.717, 1.165) is 25.2 Å². The van der Waals surface area contributed by atoms with E-state index in [2.05, 4.69) is 0 Å². The second-order valence-electron chi connectivity index (χ2n) is 9.90. The summed E-state index contributed by atoms with van der Waals surface area (Å²) in [5, 5.41) is 2.70. The van der Waals surface area contributed by atoms with Crippen LogP contribution in [-0.2, 0) is 10.0 Å². The quantitative estimate of drug-likeness (QED) is 0.404. The number of sulfonamides is 1. The Morgan fingerprint density at radius 2 is 1.81 bits per heavy atom. The molecular formula is C23H30ClF4N3O4S. The molecule has 0 radical (unpaired) electrons. The van der Waals surface area contributed by atoms with E-state index >= 15 is 0 Å². The molecule has 13 heteroatoms. The molecule has 1 saturated carbocycles. The average molecular weight is 556 g/mol. The van der Waals surface area contributed by atoms with Gasteiger partial charge in [-0.3, -0.25) is 4.79 Å². The number of hydrazine groups is 1. The van der Waals surface area contributed by atoms with Crippen molar-refractivity contribution in [2.24, 2.45) is 5.92 Å². The molecule has 1 amide bonds. The van der Waals surface area contributed by atoms with Gasteiger partial charge < -0.3 is 4.74 Å². The van der Waals surface area contributed by atoms with Crippen molar-refractivity contribution < 1.29 is 35.5 Å². The highest BCUT2D eigenvalue weighted by atomic mass is 35.5. The third-order valence-corrected chi connectivity index (χ3v) is 7.91. The lowest BCUT2D eigenvalue weighted by Gasteiger charge is -2.47. The van der Waals surface area contributed by atoms with Crippen molar-refractivity contribution in [2.75, 3.05) is 32.5 Å². The van der Waals surface area contributed by atoms with Crippen LogP contribution in [0.15, 0.2) is 12.1 Å². The van der Waals surface area contributed by atoms with Crippen LogP contribution in [0.2, 0.25) is 0 Å². The Bertz CT molecular complexity index is 1080. The van der Waals surface area contributed by atoms with Gasteiger partial charge in [-0.15, -0.1) is 11.6 Å². The summed E-state index contributed by atoms with van der Waals surface area (Å²) in [6.45, 7) is 1.46. The zero-order chi connectivity index (χ0) is 26.3. The summed E-state index contributed by atoms with van der Waals surface area (Å²) in [7, 11) is -3.84. The van der Waals surface area contributed by atoms with Gasteiger partial charge >= 0.3 is 6.18 Å². The Morgan fingerprint density at radius 3 is 2.39 bits per heavy atom. The summed E-state index contributed by atoms with van der Waals surface area (Å²) in [4.78, 5) is 12.2. The molecule has 2 saturated heterocycles. The van der Waals surface area contributed by atoms with E-state index in [9.17, 15) is 30.8 Å². The molecule has 7 nitrogen and oxygen atoms in total. The van der Waals surface area contributed by atoms with Crippen LogP contribution in [0.4, 0.5) is 17.6 Å². The number of nitrogens with zero attached hydrogens (tertiary/aromatic N) is 2. The lowest BCUT2D eigenvalue weighted by atomic mass is 9.97. The largest absolute Gasteiger partial charge is 0.493 e. The van der Waals surface area contributed by atoms with Crippen molar-refractivity contribution in [3.63, 3.8) is 0 Å². The minimum atomic E-state index is -4.35. The van der Waals surface area contributed by atoms with Gasteiger partial charge in [0.25, 0.3) is 5.91 Å². The molecule has 3 fully saturated rings. The van der Waals surface area contributed by atoms with Gasteiger partial charge in [0.2, 0.25) is 10.0 Å². The number of piperidine rings is 2. The Labute approximate surface area is 213 Å². The third-order valence-electron chi connectivity index (χ3n) is 6.96. The van der Waals surface area contributed by atoms with E-state index in [1.165, 1.54) is 11.1 Å². The SMILES string of the molecule is CS(=O)(=O)NC(=O)c1cc(C2CC2)c(OCC2CCN(N3CCC(Cl)CC3C(F)(F)F)CC2)cc1F. The molecule has 2 aliphatic heterocycles. The zero-order valence-corrected chi connectivity index (χ0v) is 21.4. The van der Waals surface area contributed by atoms with Gasteiger partial charge in [0, 0.05) is 31.1 Å². The number of amides is 1. The van der Waals surface area contributed by atoms with Crippen LogP contribution in [0.25, 0.3) is 0 Å². The number of carbonyl (C=O) groups is 1. The third kappa shape index (κ3) is 6.81. The van der Waals surface area contributed by atoms with E-state index in [-0.39, 0.29) is 37.0 Å². The lowest BCUT2D eigenvalue weighted by molar-refractivity contribution is -0.235. The van der Waals surface area contributed by atoms with Gasteiger partial charge in [0.05, 0.1) is 18.4 Å². The maximum Gasteiger partial charge on any atom is 0.405 e. The number of hydrogen-bond donors (Lipinski definition) is 1. The van der Waals surface area contributed by atoms with Gasteiger partial charge in [0.15, 0.2) is 0 Å². The van der Waals surface area contributed by atoms with Crippen LogP contribution >= 0.6 is 11.6 Å². The van der Waals surface area contributed by atoms with Crippen LogP contribution in [-0.4, -0.2) is 74.4 Å². The Kier molecular flexibility index (Phi) is 8.09. The monoisotopic (exact) mass is 555 g/mol. The molecule has 0 bridgehead atoms. The van der Waals surface area contributed by atoms with Crippen LogP contribution in [0.3, 0.4) is 0 Å². The van der Waals surface area contributed by atoms with Crippen molar-refractivity contribution in [2.45, 2.75) is 62.0 Å². The highest BCUT2D eigenvalue weighted by Gasteiger charge is 2.48. The highest BCUT2D eigenvalue weighted by Crippen LogP contribution is 2.45. The highest BCUT2D eigenvalue weighted by molar-refractivity contribution is 7.89. The first-order valence-electron chi connectivity index (χ1n) is 12.0. The van der Waals surface area contributed by atoms with E-state index < -0.39 is 39.3 Å². The van der Waals surface area contributed by atoms with Crippen molar-refractivity contribution in [3.05, 3.63) is 29.1 Å². The number of ether oxygens (including phenoxy) is 1. The minimum Gasteiger partial charge on any atom is -0.493 e. The lowest BCUT2D eigenvalue weighted by Crippen LogP contribution is -2.60. The molecule has 0 spiro atoms. The fourth-order valence-electron chi connectivity index (χ4n) is 4.91. The second kappa shape index (κ2) is 10.6. The fourth-order valence-corrected chi connectivity index (χ4v) is 5.62. The summed E-state index contributed by atoms with van der Waals surface area (Å²) < 4.78 is 85.8. The van der Waals surface area contributed by atoms with Gasteiger partial charge in [-0.1, -0.05) is 0 Å². The molecule has 1 aliphatic carbocycles. The van der Waals surface area contributed by atoms with Crippen LogP contribution in [0.5, 0.6) is 5.75 Å². The first kappa shape index (κ1) is 27.4. The first-order chi connectivity index (χ1) is 16.8. The number of nitrogens with one attached hydrogen (secondary N) is 1. The van der Waals surface area contributed by atoms with Gasteiger partial charge in [-0.25, -0.2) is 27.5 Å². The summed E-state index contributed by atoms with van der Waals surface area (Å²) in [6.07, 6.45) is -0.187. The molecule has 4 rings (SSSR count). The molecule has 2 unspecified atom stereocenters. The number of benzene rings is 1. The van der Waals surface area contributed by atoms with E-state index in [1.54, 1.807) is 9.73 Å². The van der Waals surface area contributed by atoms with Crippen molar-refractivity contribution in [3.8, 4) is 5.75 Å². The number of hydrogen-bond acceptors (Lipinski definition) is 6. The molecule has 3 aliphatic rings. The number of alkyl halides is 4.